The van der Waals surface area contributed by atoms with Crippen LogP contribution in [0.25, 0.3) is 0 Å². The summed E-state index contributed by atoms with van der Waals surface area (Å²) in [6, 6.07) is 10.1. The zero-order valence-electron chi connectivity index (χ0n) is 22.2. The zero-order valence-corrected chi connectivity index (χ0v) is 22.2. The quantitative estimate of drug-likeness (QED) is 0.122. The van der Waals surface area contributed by atoms with E-state index in [1.54, 1.807) is 12.1 Å². The van der Waals surface area contributed by atoms with Crippen molar-refractivity contribution in [3.63, 3.8) is 0 Å². The molecule has 0 unspecified atom stereocenters. The molecule has 0 N–H and O–H groups in total. The summed E-state index contributed by atoms with van der Waals surface area (Å²) in [5.74, 6) is -3.35. The van der Waals surface area contributed by atoms with E-state index in [4.69, 9.17) is 0 Å². The van der Waals surface area contributed by atoms with Gasteiger partial charge in [0.25, 0.3) is 0 Å². The van der Waals surface area contributed by atoms with Crippen LogP contribution in [0.2, 0.25) is 0 Å². The van der Waals surface area contributed by atoms with Crippen LogP contribution in [-0.4, -0.2) is 0 Å². The first-order valence-electron chi connectivity index (χ1n) is 12.7. The molecule has 4 rings (SSSR count). The van der Waals surface area contributed by atoms with Crippen molar-refractivity contribution in [3.8, 4) is 29.4 Å². The van der Waals surface area contributed by atoms with Gasteiger partial charge in [0, 0.05) is 28.8 Å². The molecule has 0 amide bonds. The van der Waals surface area contributed by atoms with Gasteiger partial charge in [0.1, 0.15) is 34.6 Å². The number of halogens is 9. The Hall–Kier alpha value is -4.83. The molecule has 0 aromatic heterocycles. The highest BCUT2D eigenvalue weighted by Gasteiger charge is 2.41. The van der Waals surface area contributed by atoms with E-state index in [1.165, 1.54) is 0 Å². The average molecular weight is 602 g/mol. The third kappa shape index (κ3) is 7.52. The largest absolute Gasteiger partial charge is 0.432 e. The summed E-state index contributed by atoms with van der Waals surface area (Å²) in [7, 11) is 0. The normalized spacial score (nSPS) is 10.9. The molecule has 0 saturated heterocycles. The van der Waals surface area contributed by atoms with Crippen molar-refractivity contribution in [3.05, 3.63) is 135 Å². The Morgan fingerprint density at radius 3 is 1.63 bits per heavy atom. The van der Waals surface area contributed by atoms with Crippen molar-refractivity contribution in [1.82, 2.24) is 0 Å². The number of alkyl halides is 2. The van der Waals surface area contributed by atoms with E-state index in [0.717, 1.165) is 37.0 Å². The molecule has 0 atom stereocenters. The summed E-state index contributed by atoms with van der Waals surface area (Å²) < 4.78 is 131. The van der Waals surface area contributed by atoms with Crippen LogP contribution in [-0.2, 0) is 12.5 Å². The lowest BCUT2D eigenvalue weighted by Gasteiger charge is -2.19. The molecule has 0 saturated carbocycles. The fourth-order valence-electron chi connectivity index (χ4n) is 3.89. The van der Waals surface area contributed by atoms with E-state index >= 15 is 0 Å². The van der Waals surface area contributed by atoms with Crippen molar-refractivity contribution in [2.24, 2.45) is 0 Å². The molecule has 0 bridgehead atoms. The number of unbranched alkanes of at least 4 members (excludes halogenated alkanes) is 1. The number of aryl methyl sites for hydroxylation is 1. The van der Waals surface area contributed by atoms with Crippen molar-refractivity contribution in [2.45, 2.75) is 32.3 Å². The molecule has 0 fully saturated rings. The Morgan fingerprint density at radius 2 is 1.09 bits per heavy atom. The van der Waals surface area contributed by atoms with E-state index in [1.807, 2.05) is 12.1 Å². The Balaban J connectivity index is 1.54. The fraction of sp³-hybridized carbons (Fsp3) is 0.152. The lowest BCUT2D eigenvalue weighted by molar-refractivity contribution is -0.189. The van der Waals surface area contributed by atoms with Crippen LogP contribution in [0.4, 0.5) is 39.5 Å². The van der Waals surface area contributed by atoms with E-state index in [9.17, 15) is 39.5 Å². The second-order valence-electron chi connectivity index (χ2n) is 9.25. The SMILES string of the molecule is CCCCc1ccc(C#Cc2cc(F)c(C#Cc3cc(F)c(C(F)(F)Oc4cc(F)c(F)c(F)c4)c(F)c3)c(F)c2)cc1. The fourth-order valence-corrected chi connectivity index (χ4v) is 3.89. The van der Waals surface area contributed by atoms with Gasteiger partial charge < -0.3 is 4.74 Å². The van der Waals surface area contributed by atoms with Gasteiger partial charge in [0.15, 0.2) is 17.5 Å². The van der Waals surface area contributed by atoms with E-state index in [2.05, 4.69) is 35.3 Å². The molecule has 0 heterocycles. The van der Waals surface area contributed by atoms with Gasteiger partial charge in [-0.15, -0.1) is 0 Å². The van der Waals surface area contributed by atoms with Gasteiger partial charge >= 0.3 is 6.11 Å². The summed E-state index contributed by atoms with van der Waals surface area (Å²) in [5.41, 5.74) is -1.50. The molecule has 220 valence electrons. The number of rotatable bonds is 6. The van der Waals surface area contributed by atoms with Crippen LogP contribution < -0.4 is 4.74 Å². The Labute approximate surface area is 240 Å². The Morgan fingerprint density at radius 1 is 0.605 bits per heavy atom. The predicted octanol–water partition coefficient (Wildman–Crippen LogP) is 8.93. The van der Waals surface area contributed by atoms with E-state index < -0.39 is 69.3 Å². The summed E-state index contributed by atoms with van der Waals surface area (Å²) in [4.78, 5) is 0. The van der Waals surface area contributed by atoms with Gasteiger partial charge in [-0.2, -0.15) is 8.78 Å². The van der Waals surface area contributed by atoms with Gasteiger partial charge in [-0.1, -0.05) is 49.2 Å². The first kappa shape index (κ1) is 31.1. The maximum Gasteiger partial charge on any atom is 0.432 e. The van der Waals surface area contributed by atoms with Crippen LogP contribution in [0.1, 0.15) is 53.1 Å². The van der Waals surface area contributed by atoms with Crippen LogP contribution >= 0.6 is 0 Å². The van der Waals surface area contributed by atoms with Gasteiger partial charge in [-0.25, -0.2) is 30.7 Å². The van der Waals surface area contributed by atoms with Crippen LogP contribution in [0, 0.1) is 64.4 Å². The second-order valence-corrected chi connectivity index (χ2v) is 9.25. The minimum atomic E-state index is -4.80. The van der Waals surface area contributed by atoms with Crippen molar-refractivity contribution < 1.29 is 44.3 Å². The van der Waals surface area contributed by atoms with Crippen LogP contribution in [0.15, 0.2) is 60.7 Å². The molecule has 0 aliphatic carbocycles. The minimum Gasteiger partial charge on any atom is -0.429 e. The molecule has 0 aliphatic heterocycles. The highest BCUT2D eigenvalue weighted by atomic mass is 19.3. The Bertz CT molecular complexity index is 1720. The third-order valence-electron chi connectivity index (χ3n) is 6.03. The molecule has 0 spiro atoms. The first-order chi connectivity index (χ1) is 20.4. The summed E-state index contributed by atoms with van der Waals surface area (Å²) in [6.07, 6.45) is -1.77. The highest BCUT2D eigenvalue weighted by Crippen LogP contribution is 2.36. The molecule has 0 aliphatic rings. The average Bonchev–Trinajstić information content (AvgIpc) is 2.93. The summed E-state index contributed by atoms with van der Waals surface area (Å²) in [6.45, 7) is 2.09. The molecule has 4 aromatic rings. The van der Waals surface area contributed by atoms with Crippen molar-refractivity contribution in [2.75, 3.05) is 0 Å². The molecule has 1 nitrogen and oxygen atoms in total. The van der Waals surface area contributed by atoms with Crippen LogP contribution in [0.5, 0.6) is 5.75 Å². The van der Waals surface area contributed by atoms with E-state index in [0.29, 0.717) is 17.7 Å². The minimum absolute atomic E-state index is 0.000185. The second kappa shape index (κ2) is 13.0. The lowest BCUT2D eigenvalue weighted by Crippen LogP contribution is -2.25. The predicted molar refractivity (Wildman–Crippen MR) is 141 cm³/mol. The van der Waals surface area contributed by atoms with Crippen molar-refractivity contribution >= 4 is 0 Å². The third-order valence-corrected chi connectivity index (χ3v) is 6.03. The van der Waals surface area contributed by atoms with Crippen LogP contribution in [0.3, 0.4) is 0 Å². The zero-order chi connectivity index (χ0) is 31.3. The number of hydrogen-bond donors (Lipinski definition) is 0. The summed E-state index contributed by atoms with van der Waals surface area (Å²) in [5, 5.41) is 0. The molecule has 10 heteroatoms. The molecule has 4 aromatic carbocycles. The molecule has 43 heavy (non-hydrogen) atoms. The van der Waals surface area contributed by atoms with Gasteiger partial charge in [-0.05, 0) is 54.8 Å². The first-order valence-corrected chi connectivity index (χ1v) is 12.7. The standard InChI is InChI=1S/C33H19F9O/c1-2-3-4-19-5-7-20(8-6-19)9-10-21-13-25(34)24(26(35)14-21)12-11-22-15-27(36)31(28(37)16-22)33(41,42)43-23-17-29(38)32(40)30(39)18-23/h5-8,13-18H,2-4H2,1H3. The van der Waals surface area contributed by atoms with E-state index in [-0.39, 0.29) is 17.7 Å². The smallest absolute Gasteiger partial charge is 0.429 e. The molecular weight excluding hydrogens is 583 g/mol. The Kier molecular flexibility index (Phi) is 9.40. The van der Waals surface area contributed by atoms with Crippen molar-refractivity contribution in [1.29, 1.82) is 0 Å². The lowest BCUT2D eigenvalue weighted by atomic mass is 10.1. The maximum absolute atomic E-state index is 14.6. The maximum atomic E-state index is 14.6. The topological polar surface area (TPSA) is 9.23 Å². The van der Waals surface area contributed by atoms with Gasteiger partial charge in [0.05, 0.1) is 5.56 Å². The molecule has 0 radical (unpaired) electrons. The number of ether oxygens (including phenoxy) is 1. The number of hydrogen-bond acceptors (Lipinski definition) is 1. The number of benzene rings is 4. The monoisotopic (exact) mass is 602 g/mol. The van der Waals surface area contributed by atoms with Gasteiger partial charge in [-0.3, -0.25) is 0 Å². The summed E-state index contributed by atoms with van der Waals surface area (Å²) >= 11 is 0. The molecular formula is C33H19F9O. The van der Waals surface area contributed by atoms with Gasteiger partial charge in [0.2, 0.25) is 0 Å². The highest BCUT2D eigenvalue weighted by molar-refractivity contribution is 5.50.